The first-order chi connectivity index (χ1) is 40.0. The van der Waals surface area contributed by atoms with Crippen molar-refractivity contribution in [1.29, 1.82) is 0 Å². The lowest BCUT2D eigenvalue weighted by molar-refractivity contribution is -0.166. The molecule has 0 heterocycles. The minimum atomic E-state index is -0.853. The van der Waals surface area contributed by atoms with Crippen molar-refractivity contribution < 1.29 is 28.6 Å². The van der Waals surface area contributed by atoms with Crippen LogP contribution in [0.25, 0.3) is 0 Å². The Bertz CT molecular complexity index is 2000. The Morgan fingerprint density at radius 2 is 0.481 bits per heavy atom. The van der Waals surface area contributed by atoms with Gasteiger partial charge in [0, 0.05) is 19.3 Å². The van der Waals surface area contributed by atoms with Crippen LogP contribution in [0.1, 0.15) is 226 Å². The molecular formula is C75H112O6. The molecule has 448 valence electrons. The molecule has 0 aliphatic carbocycles. The average molecular weight is 1110 g/mol. The first-order valence-electron chi connectivity index (χ1n) is 31.6. The second-order valence-electron chi connectivity index (χ2n) is 19.8. The van der Waals surface area contributed by atoms with Gasteiger partial charge in [0.15, 0.2) is 6.10 Å². The molecule has 6 nitrogen and oxygen atoms in total. The predicted octanol–water partition coefficient (Wildman–Crippen LogP) is 22.0. The summed E-state index contributed by atoms with van der Waals surface area (Å²) in [7, 11) is 0. The SMILES string of the molecule is CC/C=C\C/C=C\C/C=C\C/C=C\C/C=C\C/C=C\C/C=C\CCCC(=O)OCC(COC(=O)CC/C=C\C/C=C\C/C=C\C/C=C\C/C=C\C/C=C\CC)OC(=O)CCCCCCCCCC/C=C\C/C=C\C/C=C\C/C=C\CC. The van der Waals surface area contributed by atoms with Crippen LogP contribution in [0.2, 0.25) is 0 Å². The molecule has 0 bridgehead atoms. The molecule has 6 heteroatoms. The fourth-order valence-corrected chi connectivity index (χ4v) is 7.68. The van der Waals surface area contributed by atoms with Crippen molar-refractivity contribution in [2.45, 2.75) is 232 Å². The van der Waals surface area contributed by atoms with E-state index in [4.69, 9.17) is 14.2 Å². The van der Waals surface area contributed by atoms with Crippen LogP contribution in [0.4, 0.5) is 0 Å². The number of esters is 3. The fraction of sp³-hybridized carbons (Fsp3) is 0.507. The molecular weight excluding hydrogens is 997 g/mol. The summed E-state index contributed by atoms with van der Waals surface area (Å²) in [6.45, 7) is 6.16. The Hall–Kier alpha value is -6.01. The minimum absolute atomic E-state index is 0.147. The molecule has 0 aromatic rings. The van der Waals surface area contributed by atoms with Gasteiger partial charge in [-0.05, 0) is 148 Å². The van der Waals surface area contributed by atoms with Crippen LogP contribution in [0, 0.1) is 0 Å². The highest BCUT2D eigenvalue weighted by atomic mass is 16.6. The van der Waals surface area contributed by atoms with Gasteiger partial charge in [0.05, 0.1) is 0 Å². The summed E-state index contributed by atoms with van der Waals surface area (Å²) in [6.07, 6.45) is 103. The molecule has 0 radical (unpaired) electrons. The van der Waals surface area contributed by atoms with Gasteiger partial charge in [0.25, 0.3) is 0 Å². The van der Waals surface area contributed by atoms with Crippen molar-refractivity contribution in [3.05, 3.63) is 207 Å². The first-order valence-corrected chi connectivity index (χ1v) is 31.6. The highest BCUT2D eigenvalue weighted by Crippen LogP contribution is 2.13. The highest BCUT2D eigenvalue weighted by molar-refractivity contribution is 5.71. The third-order valence-electron chi connectivity index (χ3n) is 12.3. The predicted molar refractivity (Wildman–Crippen MR) is 352 cm³/mol. The molecule has 0 aliphatic rings. The summed E-state index contributed by atoms with van der Waals surface area (Å²) in [5.74, 6) is -1.11. The van der Waals surface area contributed by atoms with E-state index in [2.05, 4.69) is 215 Å². The molecule has 0 aliphatic heterocycles. The van der Waals surface area contributed by atoms with E-state index in [1.807, 2.05) is 12.2 Å². The van der Waals surface area contributed by atoms with E-state index in [9.17, 15) is 14.4 Å². The van der Waals surface area contributed by atoms with Crippen LogP contribution in [0.15, 0.2) is 207 Å². The highest BCUT2D eigenvalue weighted by Gasteiger charge is 2.19. The van der Waals surface area contributed by atoms with E-state index in [1.165, 1.54) is 25.7 Å². The lowest BCUT2D eigenvalue weighted by Crippen LogP contribution is -2.30. The quantitative estimate of drug-likeness (QED) is 0.0261. The number of unbranched alkanes of at least 4 members (excludes halogenated alkanes) is 9. The number of hydrogen-bond donors (Lipinski definition) is 0. The van der Waals surface area contributed by atoms with Crippen molar-refractivity contribution in [2.75, 3.05) is 13.2 Å². The molecule has 0 amide bonds. The summed E-state index contributed by atoms with van der Waals surface area (Å²) in [4.78, 5) is 38.3. The molecule has 0 saturated carbocycles. The van der Waals surface area contributed by atoms with Crippen molar-refractivity contribution in [1.82, 2.24) is 0 Å². The summed E-state index contributed by atoms with van der Waals surface area (Å²) >= 11 is 0. The minimum Gasteiger partial charge on any atom is -0.462 e. The van der Waals surface area contributed by atoms with Gasteiger partial charge < -0.3 is 14.2 Å². The monoisotopic (exact) mass is 1110 g/mol. The van der Waals surface area contributed by atoms with Crippen molar-refractivity contribution in [3.63, 3.8) is 0 Å². The van der Waals surface area contributed by atoms with E-state index in [1.54, 1.807) is 0 Å². The maximum atomic E-state index is 12.9. The fourth-order valence-electron chi connectivity index (χ4n) is 7.68. The molecule has 1 unspecified atom stereocenters. The molecule has 0 N–H and O–H groups in total. The van der Waals surface area contributed by atoms with Gasteiger partial charge in [-0.3, -0.25) is 14.4 Å². The zero-order valence-corrected chi connectivity index (χ0v) is 51.2. The van der Waals surface area contributed by atoms with Gasteiger partial charge in [-0.25, -0.2) is 0 Å². The molecule has 0 aromatic carbocycles. The topological polar surface area (TPSA) is 78.9 Å². The maximum absolute atomic E-state index is 12.9. The molecule has 0 fully saturated rings. The molecule has 0 aromatic heterocycles. The van der Waals surface area contributed by atoms with Crippen molar-refractivity contribution in [2.24, 2.45) is 0 Å². The standard InChI is InChI=1S/C75H112O6/c1-4-7-10-13-16-19-22-25-28-31-34-36-37-39-41-44-47-50-53-56-59-62-65-68-74(77)80-71-72(70-79-73(76)67-64-61-58-55-52-49-46-43-40-33-30-27-24-21-18-15-12-9-6-3)81-75(78)69-66-63-60-57-54-51-48-45-42-38-35-32-29-26-23-20-17-14-11-8-5-2/h7-12,16-21,25-30,34-36,38-41,43,47,49-50,52,56,58-59,61,72H,4-6,13-15,22-24,31-33,37,42,44-46,48,51,53-55,57,60,62-71H2,1-3H3/b10-7-,11-8-,12-9-,19-16-,20-17-,21-18-,28-25-,29-26-,30-27-,36-34-,38-35-,41-39-,43-40-,50-47-,52-49-,59-56-,61-58-. The normalized spacial score (nSPS) is 13.6. The summed E-state index contributed by atoms with van der Waals surface area (Å²) < 4.78 is 16.8. The van der Waals surface area contributed by atoms with Gasteiger partial charge in [-0.2, -0.15) is 0 Å². The lowest BCUT2D eigenvalue weighted by Gasteiger charge is -2.18. The summed E-state index contributed by atoms with van der Waals surface area (Å²) in [6, 6.07) is 0. The summed E-state index contributed by atoms with van der Waals surface area (Å²) in [5, 5.41) is 0. The van der Waals surface area contributed by atoms with Crippen LogP contribution >= 0.6 is 0 Å². The van der Waals surface area contributed by atoms with Gasteiger partial charge in [-0.15, -0.1) is 0 Å². The van der Waals surface area contributed by atoms with Crippen LogP contribution < -0.4 is 0 Å². The number of hydrogen-bond acceptors (Lipinski definition) is 6. The largest absolute Gasteiger partial charge is 0.462 e. The van der Waals surface area contributed by atoms with Crippen molar-refractivity contribution in [3.8, 4) is 0 Å². The number of carbonyl (C=O) groups is 3. The second kappa shape index (κ2) is 66.5. The molecule has 1 atom stereocenters. The van der Waals surface area contributed by atoms with E-state index in [0.29, 0.717) is 12.8 Å². The summed E-state index contributed by atoms with van der Waals surface area (Å²) in [5.41, 5.74) is 0. The number of ether oxygens (including phenoxy) is 3. The third kappa shape index (κ3) is 64.7. The van der Waals surface area contributed by atoms with E-state index in [-0.39, 0.29) is 50.4 Å². The van der Waals surface area contributed by atoms with E-state index >= 15 is 0 Å². The van der Waals surface area contributed by atoms with Crippen LogP contribution in [0.3, 0.4) is 0 Å². The van der Waals surface area contributed by atoms with Gasteiger partial charge >= 0.3 is 17.9 Å². The van der Waals surface area contributed by atoms with Gasteiger partial charge in [-0.1, -0.05) is 266 Å². The Morgan fingerprint density at radius 1 is 0.247 bits per heavy atom. The van der Waals surface area contributed by atoms with Crippen LogP contribution in [-0.2, 0) is 28.6 Å². The zero-order valence-electron chi connectivity index (χ0n) is 51.2. The molecule has 0 rings (SSSR count). The lowest BCUT2D eigenvalue weighted by atomic mass is 10.1. The van der Waals surface area contributed by atoms with E-state index in [0.717, 1.165) is 148 Å². The van der Waals surface area contributed by atoms with Crippen LogP contribution in [0.5, 0.6) is 0 Å². The zero-order chi connectivity index (χ0) is 58.5. The molecule has 0 spiro atoms. The van der Waals surface area contributed by atoms with Gasteiger partial charge in [0.1, 0.15) is 13.2 Å². The molecule has 81 heavy (non-hydrogen) atoms. The van der Waals surface area contributed by atoms with Gasteiger partial charge in [0.2, 0.25) is 0 Å². The first kappa shape index (κ1) is 75.0. The smallest absolute Gasteiger partial charge is 0.306 e. The Kier molecular flexibility index (Phi) is 61.6. The Balaban J connectivity index is 4.65. The molecule has 0 saturated heterocycles. The second-order valence-corrected chi connectivity index (χ2v) is 19.8. The third-order valence-corrected chi connectivity index (χ3v) is 12.3. The van der Waals surface area contributed by atoms with E-state index < -0.39 is 6.10 Å². The number of carbonyl (C=O) groups excluding carboxylic acids is 3. The number of rotatable bonds is 54. The average Bonchev–Trinajstić information content (AvgIpc) is 3.47. The maximum Gasteiger partial charge on any atom is 0.306 e. The Morgan fingerprint density at radius 3 is 0.802 bits per heavy atom. The van der Waals surface area contributed by atoms with Crippen LogP contribution in [-0.4, -0.2) is 37.2 Å². The number of allylic oxidation sites excluding steroid dienone is 34. The van der Waals surface area contributed by atoms with Crippen molar-refractivity contribution >= 4 is 17.9 Å². The Labute approximate surface area is 496 Å².